The van der Waals surface area contributed by atoms with Crippen molar-refractivity contribution >= 4 is 12.4 Å². The second-order valence-electron chi connectivity index (χ2n) is 4.35. The van der Waals surface area contributed by atoms with Crippen molar-refractivity contribution in [3.63, 3.8) is 0 Å². The number of hydrogen-bond acceptors (Lipinski definition) is 2. The Kier molecular flexibility index (Phi) is 4.71. The van der Waals surface area contributed by atoms with E-state index >= 15 is 0 Å². The number of benzene rings is 1. The molecule has 1 atom stereocenters. The smallest absolute Gasteiger partial charge is 0.123 e. The van der Waals surface area contributed by atoms with Gasteiger partial charge in [-0.1, -0.05) is 6.07 Å². The fourth-order valence-electron chi connectivity index (χ4n) is 2.06. The lowest BCUT2D eigenvalue weighted by Crippen LogP contribution is -2.26. The average molecular weight is 245 g/mol. The summed E-state index contributed by atoms with van der Waals surface area (Å²) in [5.74, 6) is -0.154. The number of aryl methyl sites for hydroxylation is 1. The molecule has 0 bridgehead atoms. The summed E-state index contributed by atoms with van der Waals surface area (Å²) >= 11 is 0. The minimum absolute atomic E-state index is 0. The Hall–Kier alpha value is -0.640. The van der Waals surface area contributed by atoms with E-state index in [0.717, 1.165) is 37.2 Å². The first kappa shape index (κ1) is 13.4. The highest BCUT2D eigenvalue weighted by Crippen LogP contribution is 2.16. The lowest BCUT2D eigenvalue weighted by atomic mass is 10.1. The van der Waals surface area contributed by atoms with Crippen LogP contribution >= 0.6 is 12.4 Å². The molecule has 0 unspecified atom stereocenters. The quantitative estimate of drug-likeness (QED) is 0.863. The molecule has 4 heteroatoms. The Labute approximate surface area is 102 Å². The van der Waals surface area contributed by atoms with Crippen LogP contribution in [-0.2, 0) is 6.54 Å². The Morgan fingerprint density at radius 1 is 1.50 bits per heavy atom. The molecule has 2 rings (SSSR count). The lowest BCUT2D eigenvalue weighted by molar-refractivity contribution is 0.325. The van der Waals surface area contributed by atoms with E-state index < -0.39 is 0 Å². The van der Waals surface area contributed by atoms with Crippen molar-refractivity contribution < 1.29 is 4.39 Å². The molecule has 0 saturated carbocycles. The number of hydrogen-bond donors (Lipinski definition) is 1. The molecule has 0 aromatic heterocycles. The molecule has 1 saturated heterocycles. The molecule has 1 fully saturated rings. The monoisotopic (exact) mass is 244 g/mol. The van der Waals surface area contributed by atoms with Crippen molar-refractivity contribution in [3.05, 3.63) is 35.1 Å². The van der Waals surface area contributed by atoms with Crippen molar-refractivity contribution in [3.8, 4) is 0 Å². The van der Waals surface area contributed by atoms with Crippen molar-refractivity contribution in [2.24, 2.45) is 5.73 Å². The highest BCUT2D eigenvalue weighted by atomic mass is 35.5. The largest absolute Gasteiger partial charge is 0.326 e. The van der Waals surface area contributed by atoms with E-state index in [0.29, 0.717) is 6.04 Å². The summed E-state index contributed by atoms with van der Waals surface area (Å²) in [7, 11) is 0. The van der Waals surface area contributed by atoms with Crippen molar-refractivity contribution in [1.29, 1.82) is 0 Å². The van der Waals surface area contributed by atoms with E-state index in [-0.39, 0.29) is 18.2 Å². The van der Waals surface area contributed by atoms with E-state index in [4.69, 9.17) is 5.73 Å². The van der Waals surface area contributed by atoms with Gasteiger partial charge in [-0.15, -0.1) is 12.4 Å². The van der Waals surface area contributed by atoms with Crippen LogP contribution in [0.1, 0.15) is 17.5 Å². The van der Waals surface area contributed by atoms with Crippen molar-refractivity contribution in [2.45, 2.75) is 25.9 Å². The molecule has 0 aliphatic carbocycles. The average Bonchev–Trinajstić information content (AvgIpc) is 2.58. The van der Waals surface area contributed by atoms with E-state index in [1.54, 1.807) is 6.07 Å². The van der Waals surface area contributed by atoms with Gasteiger partial charge >= 0.3 is 0 Å². The maximum Gasteiger partial charge on any atom is 0.123 e. The fraction of sp³-hybridized carbons (Fsp3) is 0.500. The molecule has 2 nitrogen and oxygen atoms in total. The first-order valence-corrected chi connectivity index (χ1v) is 5.38. The van der Waals surface area contributed by atoms with Gasteiger partial charge in [0.05, 0.1) is 0 Å². The van der Waals surface area contributed by atoms with Crippen LogP contribution in [0.2, 0.25) is 0 Å². The number of halogens is 2. The fourth-order valence-corrected chi connectivity index (χ4v) is 2.06. The summed E-state index contributed by atoms with van der Waals surface area (Å²) < 4.78 is 13.1. The summed E-state index contributed by atoms with van der Waals surface area (Å²) in [5, 5.41) is 0. The van der Waals surface area contributed by atoms with Gasteiger partial charge in [0, 0.05) is 25.7 Å². The van der Waals surface area contributed by atoms with E-state index in [1.807, 2.05) is 13.0 Å². The van der Waals surface area contributed by atoms with Crippen LogP contribution < -0.4 is 5.73 Å². The van der Waals surface area contributed by atoms with Crippen LogP contribution in [0.4, 0.5) is 4.39 Å². The molecule has 1 aromatic carbocycles. The van der Waals surface area contributed by atoms with E-state index in [1.165, 1.54) is 6.07 Å². The summed E-state index contributed by atoms with van der Waals surface area (Å²) in [5.41, 5.74) is 8.05. The zero-order valence-electron chi connectivity index (χ0n) is 9.45. The molecule has 90 valence electrons. The molecule has 1 aromatic rings. The first-order valence-electron chi connectivity index (χ1n) is 5.38. The molecule has 16 heavy (non-hydrogen) atoms. The number of rotatable bonds is 2. The predicted molar refractivity (Wildman–Crippen MR) is 66.3 cm³/mol. The number of nitrogens with zero attached hydrogens (tertiary/aromatic N) is 1. The number of nitrogens with two attached hydrogens (primary N) is 1. The highest BCUT2D eigenvalue weighted by Gasteiger charge is 2.19. The maximum atomic E-state index is 13.1. The highest BCUT2D eigenvalue weighted by molar-refractivity contribution is 5.85. The minimum Gasteiger partial charge on any atom is -0.326 e. The Morgan fingerprint density at radius 3 is 2.88 bits per heavy atom. The Balaban J connectivity index is 0.00000128. The summed E-state index contributed by atoms with van der Waals surface area (Å²) in [6.45, 7) is 4.79. The standard InChI is InChI=1S/C12H17FN2.ClH/c1-9-2-3-11(13)6-10(9)7-15-5-4-12(14)8-15;/h2-3,6,12H,4-5,7-8,14H2,1H3;1H/t12-;/m1./s1. The van der Waals surface area contributed by atoms with Crippen LogP contribution in [0.25, 0.3) is 0 Å². The van der Waals surface area contributed by atoms with Gasteiger partial charge in [0.1, 0.15) is 5.82 Å². The summed E-state index contributed by atoms with van der Waals surface area (Å²) in [4.78, 5) is 2.28. The molecule has 0 amide bonds. The van der Waals surface area contributed by atoms with Crippen LogP contribution in [-0.4, -0.2) is 24.0 Å². The molecule has 1 heterocycles. The number of likely N-dealkylation sites (tertiary alicyclic amines) is 1. The van der Waals surface area contributed by atoms with Gasteiger partial charge in [-0.05, 0) is 36.6 Å². The van der Waals surface area contributed by atoms with Crippen LogP contribution in [0.3, 0.4) is 0 Å². The SMILES string of the molecule is Cc1ccc(F)cc1CN1CC[C@@H](N)C1.Cl. The van der Waals surface area contributed by atoms with E-state index in [2.05, 4.69) is 4.90 Å². The zero-order chi connectivity index (χ0) is 10.8. The summed E-state index contributed by atoms with van der Waals surface area (Å²) in [6, 6.07) is 5.26. The van der Waals surface area contributed by atoms with Gasteiger partial charge in [0.25, 0.3) is 0 Å². The molecular formula is C12H18ClFN2. The Morgan fingerprint density at radius 2 is 2.25 bits per heavy atom. The van der Waals surface area contributed by atoms with Crippen LogP contribution in [0, 0.1) is 12.7 Å². The van der Waals surface area contributed by atoms with Gasteiger partial charge < -0.3 is 5.73 Å². The molecule has 1 aliphatic heterocycles. The third kappa shape index (κ3) is 3.17. The van der Waals surface area contributed by atoms with Crippen LogP contribution in [0.5, 0.6) is 0 Å². The second kappa shape index (κ2) is 5.62. The third-order valence-corrected chi connectivity index (χ3v) is 3.01. The van der Waals surface area contributed by atoms with Gasteiger partial charge in [-0.3, -0.25) is 4.90 Å². The zero-order valence-corrected chi connectivity index (χ0v) is 10.3. The molecule has 0 radical (unpaired) electrons. The van der Waals surface area contributed by atoms with Gasteiger partial charge in [-0.2, -0.15) is 0 Å². The predicted octanol–water partition coefficient (Wildman–Crippen LogP) is 2.09. The van der Waals surface area contributed by atoms with Gasteiger partial charge in [0.15, 0.2) is 0 Å². The molecular weight excluding hydrogens is 227 g/mol. The van der Waals surface area contributed by atoms with Crippen molar-refractivity contribution in [2.75, 3.05) is 13.1 Å². The second-order valence-corrected chi connectivity index (χ2v) is 4.35. The topological polar surface area (TPSA) is 29.3 Å². The normalized spacial score (nSPS) is 20.8. The minimum atomic E-state index is -0.154. The molecule has 0 spiro atoms. The van der Waals surface area contributed by atoms with E-state index in [9.17, 15) is 4.39 Å². The van der Waals surface area contributed by atoms with Gasteiger partial charge in [-0.25, -0.2) is 4.39 Å². The molecule has 1 aliphatic rings. The third-order valence-electron chi connectivity index (χ3n) is 3.01. The summed E-state index contributed by atoms with van der Waals surface area (Å²) in [6.07, 6.45) is 1.05. The molecule has 2 N–H and O–H groups in total. The lowest BCUT2D eigenvalue weighted by Gasteiger charge is -2.16. The van der Waals surface area contributed by atoms with Crippen molar-refractivity contribution in [1.82, 2.24) is 4.90 Å². The first-order chi connectivity index (χ1) is 7.15. The van der Waals surface area contributed by atoms with Gasteiger partial charge in [0.2, 0.25) is 0 Å². The van der Waals surface area contributed by atoms with Crippen LogP contribution in [0.15, 0.2) is 18.2 Å². The maximum absolute atomic E-state index is 13.1. The Bertz CT molecular complexity index is 357.